The molecule has 6 nitrogen and oxygen atoms in total. The molecule has 30 heavy (non-hydrogen) atoms. The van der Waals surface area contributed by atoms with E-state index in [1.807, 2.05) is 18.2 Å². The van der Waals surface area contributed by atoms with E-state index < -0.39 is 11.9 Å². The first-order chi connectivity index (χ1) is 14.5. The Labute approximate surface area is 174 Å². The second-order valence-corrected chi connectivity index (χ2v) is 7.05. The zero-order valence-electron chi connectivity index (χ0n) is 16.8. The monoisotopic (exact) mass is 404 g/mol. The van der Waals surface area contributed by atoms with Crippen LogP contribution in [0.3, 0.4) is 0 Å². The van der Waals surface area contributed by atoms with Gasteiger partial charge in [0, 0.05) is 17.4 Å². The molecule has 0 aliphatic carbocycles. The summed E-state index contributed by atoms with van der Waals surface area (Å²) in [7, 11) is 0. The average Bonchev–Trinajstić information content (AvgIpc) is 2.75. The van der Waals surface area contributed by atoms with Crippen molar-refractivity contribution in [3.05, 3.63) is 99.5 Å². The van der Waals surface area contributed by atoms with Gasteiger partial charge in [0.05, 0.1) is 17.7 Å². The summed E-state index contributed by atoms with van der Waals surface area (Å²) >= 11 is 0. The number of anilines is 1. The minimum atomic E-state index is -1.15. The van der Waals surface area contributed by atoms with E-state index in [-0.39, 0.29) is 16.7 Å². The molecule has 0 fully saturated rings. The molecule has 3 rings (SSSR count). The molecular formula is C24H24N2O4. The van der Waals surface area contributed by atoms with Crippen molar-refractivity contribution in [2.45, 2.75) is 32.7 Å². The third-order valence-electron chi connectivity index (χ3n) is 4.88. The number of carbonyl (C=O) groups excluding carboxylic acids is 1. The maximum atomic E-state index is 12.5. The fourth-order valence-electron chi connectivity index (χ4n) is 3.26. The van der Waals surface area contributed by atoms with Gasteiger partial charge in [-0.15, -0.1) is 0 Å². The zero-order chi connectivity index (χ0) is 21.5. The fraction of sp³-hybridized carbons (Fsp3) is 0.208. The molecule has 0 spiro atoms. The molecule has 3 aromatic rings. The molecule has 1 amide bonds. The molecule has 0 aliphatic heterocycles. The van der Waals surface area contributed by atoms with Gasteiger partial charge in [0.25, 0.3) is 11.5 Å². The van der Waals surface area contributed by atoms with E-state index in [0.717, 1.165) is 30.5 Å². The molecule has 0 atom stereocenters. The number of rotatable bonds is 8. The predicted molar refractivity (Wildman–Crippen MR) is 116 cm³/mol. The summed E-state index contributed by atoms with van der Waals surface area (Å²) in [4.78, 5) is 36.1. The van der Waals surface area contributed by atoms with Crippen molar-refractivity contribution in [1.29, 1.82) is 0 Å². The Morgan fingerprint density at radius 1 is 0.933 bits per heavy atom. The van der Waals surface area contributed by atoms with E-state index in [9.17, 15) is 19.5 Å². The number of pyridine rings is 1. The molecule has 0 aliphatic rings. The minimum Gasteiger partial charge on any atom is -0.478 e. The van der Waals surface area contributed by atoms with Crippen molar-refractivity contribution in [2.24, 2.45) is 0 Å². The summed E-state index contributed by atoms with van der Waals surface area (Å²) in [6, 6.07) is 18.6. The lowest BCUT2D eigenvalue weighted by atomic mass is 10.1. The van der Waals surface area contributed by atoms with Crippen molar-refractivity contribution >= 4 is 17.6 Å². The highest BCUT2D eigenvalue weighted by Crippen LogP contribution is 2.15. The van der Waals surface area contributed by atoms with Crippen LogP contribution in [0.25, 0.3) is 0 Å². The molecule has 0 unspecified atom stereocenters. The first-order valence-corrected chi connectivity index (χ1v) is 9.91. The number of aryl methyl sites for hydroxylation is 1. The third-order valence-corrected chi connectivity index (χ3v) is 4.88. The maximum Gasteiger partial charge on any atom is 0.336 e. The van der Waals surface area contributed by atoms with Crippen LogP contribution in [0.5, 0.6) is 0 Å². The van der Waals surface area contributed by atoms with Crippen molar-refractivity contribution in [3.63, 3.8) is 0 Å². The molecule has 2 aromatic carbocycles. The Hall–Kier alpha value is -3.67. The lowest BCUT2D eigenvalue weighted by molar-refractivity contribution is 0.0692. The number of nitrogens with one attached hydrogen (secondary N) is 1. The lowest BCUT2D eigenvalue weighted by Gasteiger charge is -2.13. The molecule has 2 N–H and O–H groups in total. The summed E-state index contributed by atoms with van der Waals surface area (Å²) in [6.07, 6.45) is 2.93. The van der Waals surface area contributed by atoms with Gasteiger partial charge in [0.15, 0.2) is 0 Å². The van der Waals surface area contributed by atoms with Gasteiger partial charge in [-0.3, -0.25) is 9.59 Å². The number of carboxylic acid groups (broad SMARTS) is 1. The first-order valence-electron chi connectivity index (χ1n) is 9.91. The van der Waals surface area contributed by atoms with Gasteiger partial charge in [0.2, 0.25) is 0 Å². The number of benzene rings is 2. The number of hydrogen-bond donors (Lipinski definition) is 2. The van der Waals surface area contributed by atoms with Gasteiger partial charge >= 0.3 is 5.97 Å². The van der Waals surface area contributed by atoms with Crippen LogP contribution in [-0.2, 0) is 13.0 Å². The molecule has 154 valence electrons. The fourth-order valence-corrected chi connectivity index (χ4v) is 3.26. The van der Waals surface area contributed by atoms with Gasteiger partial charge in [-0.25, -0.2) is 4.79 Å². The van der Waals surface area contributed by atoms with Gasteiger partial charge in [-0.1, -0.05) is 43.7 Å². The Kier molecular flexibility index (Phi) is 6.80. The normalized spacial score (nSPS) is 10.6. The topological polar surface area (TPSA) is 88.4 Å². The van der Waals surface area contributed by atoms with Crippen LogP contribution in [-0.4, -0.2) is 21.6 Å². The Morgan fingerprint density at radius 2 is 1.63 bits per heavy atom. The van der Waals surface area contributed by atoms with Gasteiger partial charge in [0.1, 0.15) is 0 Å². The van der Waals surface area contributed by atoms with Crippen molar-refractivity contribution in [3.8, 4) is 0 Å². The van der Waals surface area contributed by atoms with E-state index in [4.69, 9.17) is 0 Å². The smallest absolute Gasteiger partial charge is 0.336 e. The van der Waals surface area contributed by atoms with Crippen LogP contribution in [0.1, 0.15) is 51.7 Å². The minimum absolute atomic E-state index is 0.0359. The number of carbonyl (C=O) groups is 2. The summed E-state index contributed by atoms with van der Waals surface area (Å²) in [5, 5.41) is 12.0. The SMILES string of the molecule is CCCCc1cccc(=O)n1Cc1ccc(NC(=O)c2ccccc2C(=O)O)cc1. The summed E-state index contributed by atoms with van der Waals surface area (Å²) in [5.41, 5.74) is 2.51. The van der Waals surface area contributed by atoms with Crippen LogP contribution < -0.4 is 10.9 Å². The van der Waals surface area contributed by atoms with E-state index in [1.165, 1.54) is 12.1 Å². The standard InChI is InChI=1S/C24H24N2O4/c1-2-3-7-19-8-6-11-22(27)26(19)16-17-12-14-18(15-13-17)25-23(28)20-9-4-5-10-21(20)24(29)30/h4-6,8-15H,2-3,7,16H2,1H3,(H,25,28)(H,29,30). The van der Waals surface area contributed by atoms with Crippen LogP contribution in [0.4, 0.5) is 5.69 Å². The van der Waals surface area contributed by atoms with E-state index in [1.54, 1.807) is 41.0 Å². The molecule has 1 heterocycles. The van der Waals surface area contributed by atoms with Crippen LogP contribution >= 0.6 is 0 Å². The number of aromatic nitrogens is 1. The summed E-state index contributed by atoms with van der Waals surface area (Å²) < 4.78 is 1.77. The zero-order valence-corrected chi connectivity index (χ0v) is 16.8. The van der Waals surface area contributed by atoms with Gasteiger partial charge in [-0.05, 0) is 48.7 Å². The Morgan fingerprint density at radius 3 is 2.30 bits per heavy atom. The predicted octanol–water partition coefficient (Wildman–Crippen LogP) is 4.19. The number of hydrogen-bond acceptors (Lipinski definition) is 3. The lowest BCUT2D eigenvalue weighted by Crippen LogP contribution is -2.23. The third kappa shape index (κ3) is 5.03. The number of nitrogens with zero attached hydrogens (tertiary/aromatic N) is 1. The van der Waals surface area contributed by atoms with Gasteiger partial charge < -0.3 is 15.0 Å². The molecule has 6 heteroatoms. The molecule has 1 aromatic heterocycles. The Balaban J connectivity index is 1.75. The maximum absolute atomic E-state index is 12.5. The molecule has 0 bridgehead atoms. The number of carboxylic acids is 1. The van der Waals surface area contributed by atoms with E-state index >= 15 is 0 Å². The van der Waals surface area contributed by atoms with Crippen molar-refractivity contribution in [2.75, 3.05) is 5.32 Å². The number of aromatic carboxylic acids is 1. The molecular weight excluding hydrogens is 380 g/mol. The van der Waals surface area contributed by atoms with E-state index in [0.29, 0.717) is 12.2 Å². The van der Waals surface area contributed by atoms with Gasteiger partial charge in [-0.2, -0.15) is 0 Å². The second-order valence-electron chi connectivity index (χ2n) is 7.05. The first kappa shape index (κ1) is 21.0. The molecule has 0 saturated carbocycles. The largest absolute Gasteiger partial charge is 0.478 e. The van der Waals surface area contributed by atoms with Crippen LogP contribution in [0.15, 0.2) is 71.5 Å². The summed E-state index contributed by atoms with van der Waals surface area (Å²) in [5.74, 6) is -1.63. The number of unbranched alkanes of at least 4 members (excludes halogenated alkanes) is 1. The molecule has 0 saturated heterocycles. The molecule has 0 radical (unpaired) electrons. The Bertz CT molecular complexity index is 1100. The number of amides is 1. The van der Waals surface area contributed by atoms with E-state index in [2.05, 4.69) is 12.2 Å². The highest BCUT2D eigenvalue weighted by Gasteiger charge is 2.15. The second kappa shape index (κ2) is 9.69. The highest BCUT2D eigenvalue weighted by atomic mass is 16.4. The van der Waals surface area contributed by atoms with Crippen LogP contribution in [0.2, 0.25) is 0 Å². The van der Waals surface area contributed by atoms with Crippen molar-refractivity contribution < 1.29 is 14.7 Å². The van der Waals surface area contributed by atoms with Crippen LogP contribution in [0, 0.1) is 0 Å². The summed E-state index contributed by atoms with van der Waals surface area (Å²) in [6.45, 7) is 2.57. The average molecular weight is 404 g/mol. The van der Waals surface area contributed by atoms with Crippen molar-refractivity contribution in [1.82, 2.24) is 4.57 Å². The highest BCUT2D eigenvalue weighted by molar-refractivity contribution is 6.10. The quantitative estimate of drug-likeness (QED) is 0.589.